The number of hydrogen-bond donors (Lipinski definition) is 0. The summed E-state index contributed by atoms with van der Waals surface area (Å²) in [6, 6.07) is 0. The smallest absolute Gasteiger partial charge is 2.00 e. The van der Waals surface area contributed by atoms with E-state index in [0.717, 1.165) is 0 Å². The summed E-state index contributed by atoms with van der Waals surface area (Å²) in [4.78, 5) is 0. The zero-order valence-electron chi connectivity index (χ0n) is 10.2. The first-order valence-corrected chi connectivity index (χ1v) is 0. The van der Waals surface area contributed by atoms with Gasteiger partial charge >= 0.3 is 55.0 Å². The Hall–Kier alpha value is 2.58. The quantitative estimate of drug-likeness (QED) is 0.348. The number of hydrogen-bond acceptors (Lipinski definition) is 0. The maximum Gasteiger partial charge on any atom is 3.00 e. The minimum Gasteiger partial charge on any atom is -2.00 e. The van der Waals surface area contributed by atoms with Crippen LogP contribution in [-0.4, -0.2) is 76.9 Å². The Kier molecular flexibility index (Phi) is 7470. The van der Waals surface area contributed by atoms with Crippen LogP contribution in [0.2, 0.25) is 0 Å². The molecule has 0 amide bonds. The molecule has 0 saturated carbocycles. The fourth-order valence-corrected chi connectivity index (χ4v) is 0. The first-order valence-electron chi connectivity index (χ1n) is 0. The Morgan fingerprint density at radius 2 is 0.545 bits per heavy atom. The normalized spacial score (nSPS) is 0. The molecule has 11 heavy (non-hydrogen) atoms. The van der Waals surface area contributed by atoms with Crippen LogP contribution in [0.1, 0.15) is 5.71 Å². The van der Waals surface area contributed by atoms with Crippen LogP contribution in [-0.2, 0) is 16.4 Å². The van der Waals surface area contributed by atoms with Crippen molar-refractivity contribution in [3.63, 3.8) is 0 Å². The minimum atomic E-state index is 0. The van der Waals surface area contributed by atoms with Gasteiger partial charge in [-0.15, -0.1) is 0 Å². The molecule has 0 aliphatic carbocycles. The molecular formula is H10Al2Be2O3P2Si2. The molecule has 56 valence electrons. The van der Waals surface area contributed by atoms with Crippen molar-refractivity contribution in [1.82, 2.24) is 0 Å². The van der Waals surface area contributed by atoms with Gasteiger partial charge < -0.3 is 22.1 Å². The van der Waals surface area contributed by atoms with Gasteiger partial charge in [-0.25, -0.2) is 0 Å². The molecule has 0 aromatic rings. The molecule has 0 aliphatic heterocycles. The molecular weight excluding hydrogens is 238 g/mol. The molecule has 0 aliphatic rings. The Morgan fingerprint density at radius 1 is 0.545 bits per heavy atom. The Morgan fingerprint density at radius 3 is 0.545 bits per heavy atom. The molecule has 0 spiro atoms. The van der Waals surface area contributed by atoms with Gasteiger partial charge in [0.25, 0.3) is 0 Å². The maximum atomic E-state index is 0. The molecule has 11 heteroatoms. The van der Waals surface area contributed by atoms with Crippen molar-refractivity contribution in [1.29, 1.82) is 0 Å². The van der Waals surface area contributed by atoms with E-state index in [-0.39, 0.29) is 119 Å². The standard InChI is InChI=1S/2Al.2Be.3O.2H3P.2Si.4H/h;;;;;;;2*1H3;;;;;;/q2*+3;2*+2;3*-2;;;;;4*-1. The van der Waals surface area contributed by atoms with Crippen molar-refractivity contribution in [2.24, 2.45) is 0 Å². The monoisotopic (exact) mass is 248 g/mol. The second-order valence-electron chi connectivity index (χ2n) is 0. The Bertz CT molecular complexity index is 37.8. The number of rotatable bonds is 0. The average molecular weight is 248 g/mol. The molecule has 0 fully saturated rings. The predicted octanol–water partition coefficient (Wildman–Crippen LogP) is -2.08. The minimum absolute atomic E-state index is 0. The third kappa shape index (κ3) is 212. The van der Waals surface area contributed by atoms with E-state index in [1.807, 2.05) is 0 Å². The summed E-state index contributed by atoms with van der Waals surface area (Å²) in [6.45, 7) is 0. The third-order valence-corrected chi connectivity index (χ3v) is 0. The Balaban J connectivity index is 0. The van der Waals surface area contributed by atoms with Gasteiger partial charge in [-0.3, -0.25) is 0 Å². The van der Waals surface area contributed by atoms with Crippen LogP contribution in [0.4, 0.5) is 0 Å². The van der Waals surface area contributed by atoms with Crippen LogP contribution >= 0.6 is 19.8 Å². The molecule has 2 atom stereocenters. The van der Waals surface area contributed by atoms with E-state index in [2.05, 4.69) is 0 Å². The first-order chi connectivity index (χ1) is 0. The molecule has 0 heterocycles. The van der Waals surface area contributed by atoms with E-state index >= 15 is 0 Å². The molecule has 3 nitrogen and oxygen atoms in total. The first kappa shape index (κ1) is 324. The summed E-state index contributed by atoms with van der Waals surface area (Å²) in [6.07, 6.45) is 0. The van der Waals surface area contributed by atoms with Gasteiger partial charge in [0.1, 0.15) is 0 Å². The molecule has 0 bridgehead atoms. The molecule has 2 unspecified atom stereocenters. The molecule has 8 radical (unpaired) electrons. The third-order valence-electron chi connectivity index (χ3n) is 0. The molecule has 0 saturated heterocycles. The van der Waals surface area contributed by atoms with Crippen LogP contribution in [0.25, 0.3) is 0 Å². The van der Waals surface area contributed by atoms with E-state index in [4.69, 9.17) is 0 Å². The SMILES string of the molecule is P.P.[Al+3].[Al+3].[Be+2].[Be+2].[H-].[H-].[H-].[H-].[O-2].[O-2].[O-2].[Si].[Si]. The second kappa shape index (κ2) is 254. The van der Waals surface area contributed by atoms with Gasteiger partial charge in [0.15, 0.2) is 0 Å². The molecule has 0 rings (SSSR count). The van der Waals surface area contributed by atoms with E-state index < -0.39 is 0 Å². The van der Waals surface area contributed by atoms with Crippen LogP contribution in [0.3, 0.4) is 0 Å². The topological polar surface area (TPSA) is 85.5 Å². The van der Waals surface area contributed by atoms with Gasteiger partial charge in [0, 0.05) is 21.9 Å². The second-order valence-corrected chi connectivity index (χ2v) is 0. The summed E-state index contributed by atoms with van der Waals surface area (Å²) < 4.78 is 0. The van der Waals surface area contributed by atoms with Crippen LogP contribution in [0.5, 0.6) is 0 Å². The van der Waals surface area contributed by atoms with Crippen molar-refractivity contribution in [3.05, 3.63) is 0 Å². The summed E-state index contributed by atoms with van der Waals surface area (Å²) in [5.74, 6) is 0. The van der Waals surface area contributed by atoms with Crippen molar-refractivity contribution in [2.75, 3.05) is 0 Å². The van der Waals surface area contributed by atoms with Crippen LogP contribution < -0.4 is 0 Å². The summed E-state index contributed by atoms with van der Waals surface area (Å²) in [5, 5.41) is 0. The van der Waals surface area contributed by atoms with Crippen molar-refractivity contribution in [2.45, 2.75) is 0 Å². The van der Waals surface area contributed by atoms with Gasteiger partial charge in [-0.05, 0) is 0 Å². The Labute approximate surface area is 118 Å². The largest absolute Gasteiger partial charge is 3.00 e. The maximum absolute atomic E-state index is 0. The van der Waals surface area contributed by atoms with Gasteiger partial charge in [-0.1, -0.05) is 0 Å². The predicted molar refractivity (Wildman–Crippen MR) is 63.2 cm³/mol. The van der Waals surface area contributed by atoms with Crippen LogP contribution in [0, 0.1) is 0 Å². The summed E-state index contributed by atoms with van der Waals surface area (Å²) in [5.41, 5.74) is 0. The van der Waals surface area contributed by atoms with E-state index in [9.17, 15) is 0 Å². The van der Waals surface area contributed by atoms with Crippen molar-refractivity contribution >= 4 is 96.7 Å². The molecule has 0 aromatic carbocycles. The van der Waals surface area contributed by atoms with E-state index in [0.29, 0.717) is 0 Å². The van der Waals surface area contributed by atoms with E-state index in [1.165, 1.54) is 0 Å². The zero-order valence-corrected chi connectivity index (χ0v) is 13.3. The van der Waals surface area contributed by atoms with E-state index in [1.54, 1.807) is 0 Å². The summed E-state index contributed by atoms with van der Waals surface area (Å²) >= 11 is 0. The van der Waals surface area contributed by atoms with Crippen molar-refractivity contribution in [3.8, 4) is 0 Å². The molecule has 0 N–H and O–H groups in total. The van der Waals surface area contributed by atoms with Crippen molar-refractivity contribution < 1.29 is 22.1 Å². The van der Waals surface area contributed by atoms with Crippen LogP contribution in [0.15, 0.2) is 0 Å². The fourth-order valence-electron chi connectivity index (χ4n) is 0. The van der Waals surface area contributed by atoms with Gasteiger partial charge in [0.2, 0.25) is 0 Å². The fraction of sp³-hybridized carbons (Fsp3) is 0. The zero-order chi connectivity index (χ0) is 0. The molecule has 0 aromatic heterocycles. The van der Waals surface area contributed by atoms with Gasteiger partial charge in [-0.2, -0.15) is 19.8 Å². The average Bonchev–Trinajstić information content (AvgIpc) is 0. The van der Waals surface area contributed by atoms with Gasteiger partial charge in [0.05, 0.1) is 0 Å². The summed E-state index contributed by atoms with van der Waals surface area (Å²) in [7, 11) is 0.